The van der Waals surface area contributed by atoms with Gasteiger partial charge in [-0.25, -0.2) is 0 Å². The number of benzene rings is 1. The Bertz CT molecular complexity index is 1130. The van der Waals surface area contributed by atoms with Crippen LogP contribution in [0.15, 0.2) is 36.5 Å². The van der Waals surface area contributed by atoms with Crippen molar-refractivity contribution in [2.75, 3.05) is 19.7 Å². The number of morpholine rings is 1. The molecule has 3 N–H and O–H groups in total. The van der Waals surface area contributed by atoms with Crippen molar-refractivity contribution in [2.45, 2.75) is 82.4 Å². The van der Waals surface area contributed by atoms with Crippen molar-refractivity contribution in [1.82, 2.24) is 20.5 Å². The Labute approximate surface area is 218 Å². The summed E-state index contributed by atoms with van der Waals surface area (Å²) in [6.45, 7) is 3.33. The molecule has 3 aliphatic rings. The predicted octanol–water partition coefficient (Wildman–Crippen LogP) is 3.37. The number of amides is 3. The fraction of sp³-hybridized carbons (Fsp3) is 0.552. The third-order valence-corrected chi connectivity index (χ3v) is 8.20. The summed E-state index contributed by atoms with van der Waals surface area (Å²) in [7, 11) is 0. The molecule has 3 amide bonds. The molecular weight excluding hydrogens is 468 g/mol. The molecule has 1 aromatic heterocycles. The van der Waals surface area contributed by atoms with Crippen LogP contribution in [-0.2, 0) is 22.4 Å². The molecule has 0 radical (unpaired) electrons. The topological polar surface area (TPSA) is 104 Å². The van der Waals surface area contributed by atoms with Crippen molar-refractivity contribution < 1.29 is 19.1 Å². The van der Waals surface area contributed by atoms with Crippen LogP contribution in [0.2, 0.25) is 0 Å². The SMILES string of the molecule is CCC[C@H](NC(=O)c1ccccc1)C(=O)N1CCO[C@]2(CCCC[C@@H]2NC(=O)c2[nH]cc3c2CCC3)C1. The van der Waals surface area contributed by atoms with Crippen LogP contribution in [0, 0.1) is 0 Å². The van der Waals surface area contributed by atoms with Gasteiger partial charge in [-0.1, -0.05) is 44.4 Å². The van der Waals surface area contributed by atoms with E-state index >= 15 is 0 Å². The van der Waals surface area contributed by atoms with E-state index in [2.05, 4.69) is 15.6 Å². The normalized spacial score (nSPS) is 23.9. The molecule has 1 aliphatic heterocycles. The zero-order valence-electron chi connectivity index (χ0n) is 21.7. The number of nitrogens with one attached hydrogen (secondary N) is 3. The second kappa shape index (κ2) is 11.1. The highest BCUT2D eigenvalue weighted by atomic mass is 16.5. The zero-order chi connectivity index (χ0) is 25.8. The molecule has 1 aromatic carbocycles. The summed E-state index contributed by atoms with van der Waals surface area (Å²) in [5.74, 6) is -0.399. The van der Waals surface area contributed by atoms with E-state index in [1.54, 1.807) is 12.1 Å². The third-order valence-electron chi connectivity index (χ3n) is 8.20. The molecule has 2 aliphatic carbocycles. The summed E-state index contributed by atoms with van der Waals surface area (Å²) in [5.41, 5.74) is 2.98. The number of fused-ring (bicyclic) bond motifs is 1. The van der Waals surface area contributed by atoms with E-state index in [1.165, 1.54) is 5.56 Å². The van der Waals surface area contributed by atoms with Crippen molar-refractivity contribution in [2.24, 2.45) is 0 Å². The fourth-order valence-corrected chi connectivity index (χ4v) is 6.26. The Hall–Kier alpha value is -3.13. The lowest BCUT2D eigenvalue weighted by atomic mass is 9.78. The van der Waals surface area contributed by atoms with Gasteiger partial charge >= 0.3 is 0 Å². The summed E-state index contributed by atoms with van der Waals surface area (Å²) in [5, 5.41) is 6.24. The molecule has 2 aromatic rings. The van der Waals surface area contributed by atoms with Crippen molar-refractivity contribution >= 4 is 17.7 Å². The number of carbonyl (C=O) groups excluding carboxylic acids is 3. The minimum absolute atomic E-state index is 0.0772. The van der Waals surface area contributed by atoms with Gasteiger partial charge in [0.15, 0.2) is 0 Å². The van der Waals surface area contributed by atoms with Crippen molar-refractivity contribution in [3.05, 3.63) is 58.9 Å². The van der Waals surface area contributed by atoms with Gasteiger partial charge < -0.3 is 25.3 Å². The van der Waals surface area contributed by atoms with Gasteiger partial charge in [-0.2, -0.15) is 0 Å². The molecule has 2 heterocycles. The van der Waals surface area contributed by atoms with Crippen LogP contribution in [0.25, 0.3) is 0 Å². The van der Waals surface area contributed by atoms with E-state index in [0.29, 0.717) is 37.4 Å². The van der Waals surface area contributed by atoms with Crippen LogP contribution >= 0.6 is 0 Å². The van der Waals surface area contributed by atoms with E-state index in [0.717, 1.165) is 56.9 Å². The first-order valence-electron chi connectivity index (χ1n) is 13.8. The molecule has 5 rings (SSSR count). The minimum Gasteiger partial charge on any atom is -0.369 e. The van der Waals surface area contributed by atoms with Crippen LogP contribution in [0.5, 0.6) is 0 Å². The van der Waals surface area contributed by atoms with E-state index in [1.807, 2.05) is 36.2 Å². The minimum atomic E-state index is -0.613. The summed E-state index contributed by atoms with van der Waals surface area (Å²) in [6, 6.07) is 8.23. The Kier molecular flexibility index (Phi) is 7.65. The fourth-order valence-electron chi connectivity index (χ4n) is 6.26. The molecule has 0 unspecified atom stereocenters. The number of aromatic amines is 1. The van der Waals surface area contributed by atoms with Crippen molar-refractivity contribution in [3.63, 3.8) is 0 Å². The lowest BCUT2D eigenvalue weighted by Crippen LogP contribution is -2.66. The zero-order valence-corrected chi connectivity index (χ0v) is 21.7. The van der Waals surface area contributed by atoms with E-state index in [4.69, 9.17) is 4.74 Å². The summed E-state index contributed by atoms with van der Waals surface area (Å²) in [4.78, 5) is 44.8. The Morgan fingerprint density at radius 1 is 1.14 bits per heavy atom. The number of aryl methyl sites for hydroxylation is 1. The lowest BCUT2D eigenvalue weighted by molar-refractivity contribution is -0.163. The number of H-pyrrole nitrogens is 1. The molecule has 3 atom stereocenters. The van der Waals surface area contributed by atoms with Crippen LogP contribution in [0.3, 0.4) is 0 Å². The number of hydrogen-bond acceptors (Lipinski definition) is 4. The molecule has 198 valence electrons. The van der Waals surface area contributed by atoms with Crippen LogP contribution in [0.1, 0.15) is 83.8 Å². The highest BCUT2D eigenvalue weighted by Gasteiger charge is 2.47. The number of nitrogens with zero attached hydrogens (tertiary/aromatic N) is 1. The van der Waals surface area contributed by atoms with Crippen molar-refractivity contribution in [3.8, 4) is 0 Å². The number of rotatable bonds is 7. The molecule has 8 nitrogen and oxygen atoms in total. The van der Waals surface area contributed by atoms with E-state index in [-0.39, 0.29) is 23.8 Å². The van der Waals surface area contributed by atoms with Gasteiger partial charge in [0, 0.05) is 18.3 Å². The molecule has 8 heteroatoms. The molecule has 1 saturated carbocycles. The van der Waals surface area contributed by atoms with E-state index < -0.39 is 11.6 Å². The number of hydrogen-bond donors (Lipinski definition) is 3. The van der Waals surface area contributed by atoms with Gasteiger partial charge in [-0.3, -0.25) is 14.4 Å². The Morgan fingerprint density at radius 3 is 2.78 bits per heavy atom. The summed E-state index contributed by atoms with van der Waals surface area (Å²) >= 11 is 0. The number of carbonyl (C=O) groups is 3. The van der Waals surface area contributed by atoms with Gasteiger partial charge in [0.2, 0.25) is 5.91 Å². The van der Waals surface area contributed by atoms with Gasteiger partial charge in [0.25, 0.3) is 11.8 Å². The molecule has 1 saturated heterocycles. The second-order valence-corrected chi connectivity index (χ2v) is 10.6. The molecular formula is C29H38N4O4. The number of aromatic nitrogens is 1. The Morgan fingerprint density at radius 2 is 1.97 bits per heavy atom. The molecule has 0 bridgehead atoms. The third kappa shape index (κ3) is 5.30. The maximum atomic E-state index is 13.7. The first-order valence-corrected chi connectivity index (χ1v) is 13.8. The maximum absolute atomic E-state index is 13.7. The van der Waals surface area contributed by atoms with Crippen LogP contribution in [0.4, 0.5) is 0 Å². The van der Waals surface area contributed by atoms with Crippen LogP contribution in [-0.4, -0.2) is 65.0 Å². The Balaban J connectivity index is 1.29. The lowest BCUT2D eigenvalue weighted by Gasteiger charge is -2.50. The second-order valence-electron chi connectivity index (χ2n) is 10.6. The van der Waals surface area contributed by atoms with Crippen LogP contribution < -0.4 is 10.6 Å². The van der Waals surface area contributed by atoms with Gasteiger partial charge in [0.1, 0.15) is 17.3 Å². The molecule has 2 fully saturated rings. The largest absolute Gasteiger partial charge is 0.369 e. The van der Waals surface area contributed by atoms with E-state index in [9.17, 15) is 14.4 Å². The van der Waals surface area contributed by atoms with Crippen molar-refractivity contribution in [1.29, 1.82) is 0 Å². The highest BCUT2D eigenvalue weighted by molar-refractivity contribution is 5.97. The van der Waals surface area contributed by atoms with Gasteiger partial charge in [-0.15, -0.1) is 0 Å². The first kappa shape index (κ1) is 25.5. The average molecular weight is 507 g/mol. The highest BCUT2D eigenvalue weighted by Crippen LogP contribution is 2.36. The summed E-state index contributed by atoms with van der Waals surface area (Å²) < 4.78 is 6.39. The number of ether oxygens (including phenoxy) is 1. The summed E-state index contributed by atoms with van der Waals surface area (Å²) in [6.07, 6.45) is 9.97. The quantitative estimate of drug-likeness (QED) is 0.536. The smallest absolute Gasteiger partial charge is 0.268 e. The van der Waals surface area contributed by atoms with Gasteiger partial charge in [0.05, 0.1) is 19.2 Å². The molecule has 37 heavy (non-hydrogen) atoms. The average Bonchev–Trinajstić information content (AvgIpc) is 3.54. The standard InChI is InChI=1S/C29H38N4O4/c1-2-9-23(31-26(34)20-10-4-3-5-11-20)28(36)33-16-17-37-29(19-33)15-7-6-14-24(29)32-27(35)25-22-13-8-12-21(22)18-30-25/h3-5,10-11,18,23-24,30H,2,6-9,12-17,19H2,1H3,(H,31,34)(H,32,35)/t23-,24-,29+/m0/s1. The van der Waals surface area contributed by atoms with Gasteiger partial charge in [-0.05, 0) is 61.8 Å². The predicted molar refractivity (Wildman–Crippen MR) is 140 cm³/mol. The maximum Gasteiger partial charge on any atom is 0.268 e. The monoisotopic (exact) mass is 506 g/mol. The molecule has 1 spiro atoms. The first-order chi connectivity index (χ1) is 18.0.